The van der Waals surface area contributed by atoms with E-state index in [9.17, 15) is 4.79 Å². The van der Waals surface area contributed by atoms with Gasteiger partial charge < -0.3 is 13.9 Å². The Balaban J connectivity index is 1.30. The van der Waals surface area contributed by atoms with Crippen molar-refractivity contribution in [3.63, 3.8) is 0 Å². The number of carbonyl (C=O) groups is 1. The summed E-state index contributed by atoms with van der Waals surface area (Å²) in [4.78, 5) is 12.6. The first-order chi connectivity index (χ1) is 17.1. The topological polar surface area (TPSA) is 73.1 Å². The van der Waals surface area contributed by atoms with E-state index >= 15 is 0 Å². The molecule has 5 rings (SSSR count). The number of rotatable bonds is 7. The molecule has 4 aromatic carbocycles. The number of amides is 1. The van der Waals surface area contributed by atoms with E-state index < -0.39 is 5.91 Å². The average Bonchev–Trinajstić information content (AvgIpc) is 3.33. The lowest BCUT2D eigenvalue weighted by Gasteiger charge is -2.13. The van der Waals surface area contributed by atoms with Gasteiger partial charge in [0.2, 0.25) is 0 Å². The largest absolute Gasteiger partial charge is 0.493 e. The van der Waals surface area contributed by atoms with E-state index in [0.717, 1.165) is 21.7 Å². The molecule has 6 nitrogen and oxygen atoms in total. The minimum Gasteiger partial charge on any atom is -0.493 e. The van der Waals surface area contributed by atoms with Crippen LogP contribution >= 0.6 is 11.6 Å². The van der Waals surface area contributed by atoms with Gasteiger partial charge in [0.25, 0.3) is 0 Å². The number of hydrogen-bond acceptors (Lipinski definition) is 5. The molecule has 35 heavy (non-hydrogen) atoms. The Morgan fingerprint density at radius 3 is 2.63 bits per heavy atom. The molecule has 0 saturated heterocycles. The molecule has 0 bridgehead atoms. The molecule has 174 valence electrons. The van der Waals surface area contributed by atoms with E-state index in [-0.39, 0.29) is 5.76 Å². The molecule has 1 amide bonds. The zero-order chi connectivity index (χ0) is 24.2. The number of methoxy groups -OCH3 is 1. The van der Waals surface area contributed by atoms with Crippen LogP contribution < -0.4 is 14.9 Å². The number of nitrogens with one attached hydrogen (secondary N) is 1. The van der Waals surface area contributed by atoms with E-state index in [2.05, 4.69) is 10.5 Å². The van der Waals surface area contributed by atoms with E-state index in [1.165, 1.54) is 13.3 Å². The Morgan fingerprint density at radius 2 is 1.80 bits per heavy atom. The maximum atomic E-state index is 12.6. The van der Waals surface area contributed by atoms with Gasteiger partial charge in [-0.15, -0.1) is 0 Å². The molecule has 0 aliphatic carbocycles. The number of ether oxygens (including phenoxy) is 2. The van der Waals surface area contributed by atoms with E-state index in [4.69, 9.17) is 25.5 Å². The fourth-order valence-corrected chi connectivity index (χ4v) is 4.08. The first-order valence-corrected chi connectivity index (χ1v) is 11.3. The Hall–Kier alpha value is -4.29. The highest BCUT2D eigenvalue weighted by atomic mass is 35.5. The second-order valence-electron chi connectivity index (χ2n) is 7.82. The highest BCUT2D eigenvalue weighted by Crippen LogP contribution is 2.36. The van der Waals surface area contributed by atoms with Crippen LogP contribution in [0.5, 0.6) is 11.5 Å². The summed E-state index contributed by atoms with van der Waals surface area (Å²) in [6.45, 7) is 0.354. The summed E-state index contributed by atoms with van der Waals surface area (Å²) < 4.78 is 17.1. The SMILES string of the molecule is COc1cc(/C=N/NC(=O)c2cc3c(ccc4ccccc43)o2)cc(Cl)c1OCc1ccccc1. The molecule has 0 unspecified atom stereocenters. The molecule has 0 aliphatic rings. The Labute approximate surface area is 206 Å². The molecular weight excluding hydrogens is 464 g/mol. The van der Waals surface area contributed by atoms with Crippen molar-refractivity contribution in [1.29, 1.82) is 0 Å². The first-order valence-electron chi connectivity index (χ1n) is 10.9. The molecule has 7 heteroatoms. The number of hydrogen-bond donors (Lipinski definition) is 1. The molecule has 1 N–H and O–H groups in total. The number of carbonyl (C=O) groups excluding carboxylic acids is 1. The third-order valence-electron chi connectivity index (χ3n) is 5.51. The van der Waals surface area contributed by atoms with E-state index in [1.54, 1.807) is 18.2 Å². The van der Waals surface area contributed by atoms with Crippen molar-refractivity contribution < 1.29 is 18.7 Å². The summed E-state index contributed by atoms with van der Waals surface area (Å²) in [7, 11) is 1.54. The minimum absolute atomic E-state index is 0.175. The van der Waals surface area contributed by atoms with Gasteiger partial charge in [0.1, 0.15) is 12.2 Å². The number of furan rings is 1. The fourth-order valence-electron chi connectivity index (χ4n) is 3.81. The Bertz CT molecular complexity index is 1540. The maximum Gasteiger partial charge on any atom is 0.307 e. The van der Waals surface area contributed by atoms with Gasteiger partial charge in [0, 0.05) is 5.39 Å². The number of halogens is 1. The summed E-state index contributed by atoms with van der Waals surface area (Å²) >= 11 is 6.44. The number of nitrogens with zero attached hydrogens (tertiary/aromatic N) is 1. The van der Waals surface area contributed by atoms with Crippen molar-refractivity contribution in [3.8, 4) is 11.5 Å². The monoisotopic (exact) mass is 484 g/mol. The molecule has 5 aromatic rings. The smallest absolute Gasteiger partial charge is 0.307 e. The van der Waals surface area contributed by atoms with Crippen molar-refractivity contribution in [1.82, 2.24) is 5.43 Å². The summed E-state index contributed by atoms with van der Waals surface area (Å²) in [6.07, 6.45) is 1.48. The average molecular weight is 485 g/mol. The highest BCUT2D eigenvalue weighted by Gasteiger charge is 2.14. The molecule has 0 radical (unpaired) electrons. The predicted octanol–water partition coefficient (Wildman–Crippen LogP) is 6.59. The van der Waals surface area contributed by atoms with Gasteiger partial charge in [-0.3, -0.25) is 4.79 Å². The molecule has 0 aliphatic heterocycles. The summed E-state index contributed by atoms with van der Waals surface area (Å²) in [6, 6.07) is 26.7. The van der Waals surface area contributed by atoms with Gasteiger partial charge in [-0.05, 0) is 46.2 Å². The third-order valence-corrected chi connectivity index (χ3v) is 5.79. The molecule has 0 atom stereocenters. The lowest BCUT2D eigenvalue weighted by atomic mass is 10.1. The third kappa shape index (κ3) is 4.83. The highest BCUT2D eigenvalue weighted by molar-refractivity contribution is 6.32. The molecule has 1 aromatic heterocycles. The van der Waals surface area contributed by atoms with Gasteiger partial charge in [-0.25, -0.2) is 5.43 Å². The second kappa shape index (κ2) is 9.91. The zero-order valence-corrected chi connectivity index (χ0v) is 19.6. The van der Waals surface area contributed by atoms with Crippen LogP contribution in [0.2, 0.25) is 5.02 Å². The Morgan fingerprint density at radius 1 is 1.00 bits per heavy atom. The van der Waals surface area contributed by atoms with Crippen molar-refractivity contribution in [2.24, 2.45) is 5.10 Å². The van der Waals surface area contributed by atoms with Crippen molar-refractivity contribution in [2.45, 2.75) is 6.61 Å². The van der Waals surface area contributed by atoms with Gasteiger partial charge in [-0.2, -0.15) is 5.10 Å². The van der Waals surface area contributed by atoms with Crippen LogP contribution in [0.4, 0.5) is 0 Å². The van der Waals surface area contributed by atoms with E-state index in [1.807, 2.05) is 66.7 Å². The number of fused-ring (bicyclic) bond motifs is 3. The van der Waals surface area contributed by atoms with Crippen molar-refractivity contribution in [2.75, 3.05) is 7.11 Å². The van der Waals surface area contributed by atoms with Crippen LogP contribution in [0.25, 0.3) is 21.7 Å². The molecule has 0 fully saturated rings. The van der Waals surface area contributed by atoms with Crippen LogP contribution in [0.3, 0.4) is 0 Å². The predicted molar refractivity (Wildman–Crippen MR) is 138 cm³/mol. The Kier molecular flexibility index (Phi) is 6.37. The van der Waals surface area contributed by atoms with Crippen LogP contribution in [-0.4, -0.2) is 19.2 Å². The van der Waals surface area contributed by atoms with Crippen LogP contribution in [0.1, 0.15) is 21.7 Å². The van der Waals surface area contributed by atoms with Gasteiger partial charge in [0.05, 0.1) is 18.3 Å². The minimum atomic E-state index is -0.456. The summed E-state index contributed by atoms with van der Waals surface area (Å²) in [5.74, 6) is 0.621. The van der Waals surface area contributed by atoms with Crippen LogP contribution in [0, 0.1) is 0 Å². The first kappa shape index (κ1) is 22.5. The van der Waals surface area contributed by atoms with Crippen LogP contribution in [-0.2, 0) is 6.61 Å². The van der Waals surface area contributed by atoms with E-state index in [0.29, 0.717) is 34.3 Å². The normalized spacial score (nSPS) is 11.3. The number of hydrazone groups is 1. The molecule has 0 spiro atoms. The molecule has 1 heterocycles. The standard InChI is InChI=1S/C28H21ClN2O4/c1-33-25-14-19(13-23(29)27(25)34-17-18-7-3-2-4-8-18)16-30-31-28(32)26-15-22-21-10-6-5-9-20(21)11-12-24(22)35-26/h2-16H,17H2,1H3,(H,31,32)/b30-16+. The zero-order valence-electron chi connectivity index (χ0n) is 18.8. The van der Waals surface area contributed by atoms with Crippen LogP contribution in [0.15, 0.2) is 94.4 Å². The lowest BCUT2D eigenvalue weighted by molar-refractivity contribution is 0.0929. The lowest BCUT2D eigenvalue weighted by Crippen LogP contribution is -2.16. The summed E-state index contributed by atoms with van der Waals surface area (Å²) in [5, 5.41) is 7.40. The van der Waals surface area contributed by atoms with Gasteiger partial charge in [-0.1, -0.05) is 72.3 Å². The van der Waals surface area contributed by atoms with Crippen molar-refractivity contribution >= 4 is 45.5 Å². The second-order valence-corrected chi connectivity index (χ2v) is 8.22. The van der Waals surface area contributed by atoms with Crippen molar-refractivity contribution in [3.05, 3.63) is 107 Å². The molecular formula is C28H21ClN2O4. The maximum absolute atomic E-state index is 12.6. The van der Waals surface area contributed by atoms with Gasteiger partial charge in [0.15, 0.2) is 17.3 Å². The van der Waals surface area contributed by atoms with Gasteiger partial charge >= 0.3 is 5.91 Å². The summed E-state index contributed by atoms with van der Waals surface area (Å²) in [5.41, 5.74) is 4.78. The fraction of sp³-hybridized carbons (Fsp3) is 0.0714. The molecule has 0 saturated carbocycles. The quantitative estimate of drug-likeness (QED) is 0.209. The number of benzene rings is 4.